The van der Waals surface area contributed by atoms with E-state index in [0.29, 0.717) is 23.7 Å². The van der Waals surface area contributed by atoms with Crippen molar-refractivity contribution in [3.63, 3.8) is 0 Å². The molecule has 0 saturated carbocycles. The number of aromatic amines is 1. The normalized spacial score (nSPS) is 10.9. The van der Waals surface area contributed by atoms with Gasteiger partial charge in [0.15, 0.2) is 5.69 Å². The fraction of sp³-hybridized carbons (Fsp3) is 0.227. The molecule has 1 aromatic carbocycles. The lowest BCUT2D eigenvalue weighted by molar-refractivity contribution is 0.0777. The molecule has 154 valence electrons. The molecule has 1 amide bonds. The van der Waals surface area contributed by atoms with E-state index in [1.807, 2.05) is 53.9 Å². The van der Waals surface area contributed by atoms with Crippen molar-refractivity contribution in [1.82, 2.24) is 24.5 Å². The van der Waals surface area contributed by atoms with Crippen LogP contribution in [0.25, 0.3) is 5.65 Å². The number of fused-ring (bicyclic) bond motifs is 1. The first kappa shape index (κ1) is 19.5. The van der Waals surface area contributed by atoms with E-state index in [2.05, 4.69) is 15.2 Å². The summed E-state index contributed by atoms with van der Waals surface area (Å²) in [6, 6.07) is 14.9. The molecule has 0 aliphatic carbocycles. The first-order valence-electron chi connectivity index (χ1n) is 9.54. The minimum absolute atomic E-state index is 0.177. The minimum atomic E-state index is -0.177. The third-order valence-electron chi connectivity index (χ3n) is 4.85. The Morgan fingerprint density at radius 3 is 2.83 bits per heavy atom. The number of aromatic nitrogens is 4. The molecule has 0 aliphatic heterocycles. The minimum Gasteiger partial charge on any atom is -0.497 e. The molecule has 8 heteroatoms. The van der Waals surface area contributed by atoms with Gasteiger partial charge in [0, 0.05) is 19.3 Å². The van der Waals surface area contributed by atoms with Crippen LogP contribution in [0.1, 0.15) is 27.6 Å². The third-order valence-corrected chi connectivity index (χ3v) is 4.85. The Bertz CT molecular complexity index is 1180. The van der Waals surface area contributed by atoms with Crippen molar-refractivity contribution in [3.8, 4) is 11.5 Å². The Morgan fingerprint density at radius 2 is 2.00 bits per heavy atom. The van der Waals surface area contributed by atoms with Gasteiger partial charge in [0.2, 0.25) is 0 Å². The molecule has 0 spiro atoms. The lowest BCUT2D eigenvalue weighted by Gasteiger charge is -2.16. The average molecular weight is 405 g/mol. The number of nitrogens with zero attached hydrogens (tertiary/aromatic N) is 4. The Morgan fingerprint density at radius 1 is 1.17 bits per heavy atom. The van der Waals surface area contributed by atoms with Gasteiger partial charge in [-0.15, -0.1) is 0 Å². The summed E-state index contributed by atoms with van der Waals surface area (Å²) >= 11 is 0. The number of amides is 1. The van der Waals surface area contributed by atoms with Gasteiger partial charge in [-0.25, -0.2) is 4.98 Å². The highest BCUT2D eigenvalue weighted by Gasteiger charge is 2.19. The molecule has 0 unspecified atom stereocenters. The first-order valence-corrected chi connectivity index (χ1v) is 9.54. The lowest BCUT2D eigenvalue weighted by Crippen LogP contribution is -2.27. The standard InChI is InChI=1S/C22H23N5O3/c1-15-20(27-10-5-4-9-21(27)23-15)13-26(2)22(28)19-11-16(24-25-19)14-30-18-8-6-7-17(12-18)29-3/h4-12H,13-14H2,1-3H3,(H,24,25). The van der Waals surface area contributed by atoms with Crippen LogP contribution in [0.4, 0.5) is 0 Å². The maximum absolute atomic E-state index is 12.8. The van der Waals surface area contributed by atoms with Crippen LogP contribution in [0.2, 0.25) is 0 Å². The molecule has 0 aliphatic rings. The molecule has 30 heavy (non-hydrogen) atoms. The zero-order chi connectivity index (χ0) is 21.1. The topological polar surface area (TPSA) is 84.8 Å². The number of methoxy groups -OCH3 is 1. The Kier molecular flexibility index (Phi) is 5.38. The van der Waals surface area contributed by atoms with Gasteiger partial charge in [0.1, 0.15) is 23.8 Å². The van der Waals surface area contributed by atoms with Crippen LogP contribution in [-0.4, -0.2) is 44.5 Å². The molecule has 4 aromatic rings. The Labute approximate surface area is 174 Å². The quantitative estimate of drug-likeness (QED) is 0.510. The second kappa shape index (κ2) is 8.28. The van der Waals surface area contributed by atoms with Crippen molar-refractivity contribution in [1.29, 1.82) is 0 Å². The smallest absolute Gasteiger partial charge is 0.274 e. The highest BCUT2D eigenvalue weighted by atomic mass is 16.5. The molecule has 8 nitrogen and oxygen atoms in total. The Hall–Kier alpha value is -3.81. The molecule has 0 atom stereocenters. The summed E-state index contributed by atoms with van der Waals surface area (Å²) in [6.45, 7) is 2.64. The van der Waals surface area contributed by atoms with E-state index in [9.17, 15) is 4.79 Å². The zero-order valence-electron chi connectivity index (χ0n) is 17.1. The number of carbonyl (C=O) groups excluding carboxylic acids is 1. The van der Waals surface area contributed by atoms with Gasteiger partial charge in [-0.3, -0.25) is 9.89 Å². The summed E-state index contributed by atoms with van der Waals surface area (Å²) in [6.07, 6.45) is 1.95. The van der Waals surface area contributed by atoms with Crippen LogP contribution in [0.5, 0.6) is 11.5 Å². The predicted octanol–water partition coefficient (Wildman–Crippen LogP) is 3.23. The fourth-order valence-corrected chi connectivity index (χ4v) is 3.24. The number of carbonyl (C=O) groups is 1. The number of aryl methyl sites for hydroxylation is 1. The Balaban J connectivity index is 1.42. The molecule has 3 heterocycles. The number of benzene rings is 1. The van der Waals surface area contributed by atoms with Crippen molar-refractivity contribution in [2.45, 2.75) is 20.1 Å². The maximum atomic E-state index is 12.8. The highest BCUT2D eigenvalue weighted by Crippen LogP contribution is 2.20. The van der Waals surface area contributed by atoms with Crippen LogP contribution >= 0.6 is 0 Å². The van der Waals surface area contributed by atoms with Gasteiger partial charge in [-0.2, -0.15) is 5.10 Å². The van der Waals surface area contributed by atoms with Crippen molar-refractivity contribution in [2.75, 3.05) is 14.2 Å². The number of rotatable bonds is 7. The zero-order valence-corrected chi connectivity index (χ0v) is 17.1. The molecular weight excluding hydrogens is 382 g/mol. The van der Waals surface area contributed by atoms with Crippen molar-refractivity contribution in [3.05, 3.63) is 77.5 Å². The second-order valence-corrected chi connectivity index (χ2v) is 6.98. The van der Waals surface area contributed by atoms with E-state index < -0.39 is 0 Å². The van der Waals surface area contributed by atoms with Crippen LogP contribution in [0.15, 0.2) is 54.7 Å². The van der Waals surface area contributed by atoms with E-state index in [1.165, 1.54) is 0 Å². The molecule has 0 bridgehead atoms. The summed E-state index contributed by atoms with van der Waals surface area (Å²) in [5, 5.41) is 7.02. The van der Waals surface area contributed by atoms with E-state index in [0.717, 1.165) is 22.8 Å². The second-order valence-electron chi connectivity index (χ2n) is 6.98. The predicted molar refractivity (Wildman–Crippen MR) is 112 cm³/mol. The van der Waals surface area contributed by atoms with Crippen LogP contribution in [0, 0.1) is 6.92 Å². The average Bonchev–Trinajstić information content (AvgIpc) is 3.36. The maximum Gasteiger partial charge on any atom is 0.274 e. The monoisotopic (exact) mass is 405 g/mol. The van der Waals surface area contributed by atoms with Gasteiger partial charge in [0.25, 0.3) is 5.91 Å². The fourth-order valence-electron chi connectivity index (χ4n) is 3.24. The molecule has 0 saturated heterocycles. The number of imidazole rings is 1. The molecular formula is C22H23N5O3. The summed E-state index contributed by atoms with van der Waals surface area (Å²) in [4.78, 5) is 19.0. The lowest BCUT2D eigenvalue weighted by atomic mass is 10.3. The van der Waals surface area contributed by atoms with Gasteiger partial charge in [-0.1, -0.05) is 12.1 Å². The van der Waals surface area contributed by atoms with E-state index in [-0.39, 0.29) is 12.5 Å². The van der Waals surface area contributed by atoms with Gasteiger partial charge < -0.3 is 18.8 Å². The van der Waals surface area contributed by atoms with E-state index >= 15 is 0 Å². The molecule has 4 rings (SSSR count). The molecule has 0 fully saturated rings. The summed E-state index contributed by atoms with van der Waals surface area (Å²) in [7, 11) is 3.36. The van der Waals surface area contributed by atoms with Crippen LogP contribution in [0.3, 0.4) is 0 Å². The molecule has 1 N–H and O–H groups in total. The summed E-state index contributed by atoms with van der Waals surface area (Å²) in [5.74, 6) is 1.22. The third kappa shape index (κ3) is 3.98. The van der Waals surface area contributed by atoms with Crippen molar-refractivity contribution < 1.29 is 14.3 Å². The van der Waals surface area contributed by atoms with Gasteiger partial charge >= 0.3 is 0 Å². The molecule has 0 radical (unpaired) electrons. The van der Waals surface area contributed by atoms with Crippen LogP contribution < -0.4 is 9.47 Å². The number of hydrogen-bond donors (Lipinski definition) is 1. The SMILES string of the molecule is COc1cccc(OCc2cc(C(=O)N(C)Cc3c(C)nc4ccccn34)n[nH]2)c1. The van der Waals surface area contributed by atoms with Gasteiger partial charge in [0.05, 0.1) is 30.7 Å². The first-order chi connectivity index (χ1) is 14.5. The number of hydrogen-bond acceptors (Lipinski definition) is 5. The number of pyridine rings is 1. The van der Waals surface area contributed by atoms with Crippen LogP contribution in [-0.2, 0) is 13.2 Å². The van der Waals surface area contributed by atoms with Crippen molar-refractivity contribution in [2.24, 2.45) is 0 Å². The number of H-pyrrole nitrogens is 1. The largest absolute Gasteiger partial charge is 0.497 e. The van der Waals surface area contributed by atoms with Crippen molar-refractivity contribution >= 4 is 11.6 Å². The highest BCUT2D eigenvalue weighted by molar-refractivity contribution is 5.92. The van der Waals surface area contributed by atoms with Gasteiger partial charge in [-0.05, 0) is 37.3 Å². The summed E-state index contributed by atoms with van der Waals surface area (Å²) in [5.41, 5.74) is 3.78. The summed E-state index contributed by atoms with van der Waals surface area (Å²) < 4.78 is 12.9. The number of ether oxygens (including phenoxy) is 2. The number of nitrogens with one attached hydrogen (secondary N) is 1. The van der Waals surface area contributed by atoms with E-state index in [4.69, 9.17) is 9.47 Å². The van der Waals surface area contributed by atoms with E-state index in [1.54, 1.807) is 31.2 Å². The molecule has 3 aromatic heterocycles.